The number of aromatic nitrogens is 3. The zero-order valence-electron chi connectivity index (χ0n) is 7.94. The monoisotopic (exact) mass is 417 g/mol. The van der Waals surface area contributed by atoms with Crippen molar-refractivity contribution in [3.63, 3.8) is 0 Å². The van der Waals surface area contributed by atoms with Gasteiger partial charge in [-0.15, -0.1) is 0 Å². The molecule has 16 heavy (non-hydrogen) atoms. The minimum atomic E-state index is -4.42. The Balaban J connectivity index is 2.44. The number of nitrogens with zero attached hydrogens (tertiary/aromatic N) is 3. The van der Waals surface area contributed by atoms with Gasteiger partial charge < -0.3 is 0 Å². The van der Waals surface area contributed by atoms with E-state index in [1.54, 1.807) is 12.5 Å². The normalized spacial score (nSPS) is 11.6. The average molecular weight is 417 g/mol. The third-order valence-electron chi connectivity index (χ3n) is 1.95. The molecule has 2 aromatic heterocycles. The fraction of sp³-hybridized carbons (Fsp3) is 0.111. The van der Waals surface area contributed by atoms with E-state index in [-0.39, 0.29) is 0 Å². The molecule has 2 heterocycles. The molecule has 0 aliphatic carbocycles. The van der Waals surface area contributed by atoms with Crippen molar-refractivity contribution in [2.75, 3.05) is 0 Å². The van der Waals surface area contributed by atoms with Crippen molar-refractivity contribution in [3.05, 3.63) is 36.5 Å². The van der Waals surface area contributed by atoms with Gasteiger partial charge in [0.15, 0.2) is 0 Å². The summed E-state index contributed by atoms with van der Waals surface area (Å²) in [7, 11) is 0. The fourth-order valence-corrected chi connectivity index (χ4v) is 2.04. The van der Waals surface area contributed by atoms with Gasteiger partial charge in [0.2, 0.25) is 0 Å². The molecule has 0 aliphatic heterocycles. The van der Waals surface area contributed by atoms with Crippen LogP contribution in [0.4, 0.5) is 13.2 Å². The minimum absolute atomic E-state index is 0.432. The molecule has 0 fully saturated rings. The number of rotatable bonds is 1. The van der Waals surface area contributed by atoms with Crippen molar-refractivity contribution in [1.29, 1.82) is 0 Å². The number of hydrogen-bond acceptors (Lipinski definition) is 2. The van der Waals surface area contributed by atoms with Gasteiger partial charge in [0.05, 0.1) is 0 Å². The number of alkyl halides is 3. The van der Waals surface area contributed by atoms with E-state index in [1.807, 2.05) is 2.38 Å². The first-order valence-corrected chi connectivity index (χ1v) is 6.30. The molecule has 0 unspecified atom stereocenters. The third kappa shape index (κ3) is 2.42. The maximum absolute atomic E-state index is 12.4. The quantitative estimate of drug-likeness (QED) is 0.665. The molecule has 0 bridgehead atoms. The van der Waals surface area contributed by atoms with Crippen molar-refractivity contribution < 1.29 is 13.2 Å². The first-order valence-electron chi connectivity index (χ1n) is 4.29. The van der Waals surface area contributed by atoms with E-state index in [1.165, 1.54) is 6.07 Å². The van der Waals surface area contributed by atoms with Crippen molar-refractivity contribution in [3.8, 4) is 11.3 Å². The van der Waals surface area contributed by atoms with Gasteiger partial charge >= 0.3 is 106 Å². The average Bonchev–Trinajstić information content (AvgIpc) is 2.64. The molecule has 0 saturated carbocycles. The van der Waals surface area contributed by atoms with Crippen LogP contribution < -0.4 is 0 Å². The van der Waals surface area contributed by atoms with Crippen molar-refractivity contribution in [2.24, 2.45) is 0 Å². The number of hydrogen-bond donors (Lipinski definition) is 0. The van der Waals surface area contributed by atoms with E-state index in [0.29, 0.717) is 37.3 Å². The second-order valence-electron chi connectivity index (χ2n) is 3.13. The summed E-state index contributed by atoms with van der Waals surface area (Å²) >= 11 is 0.551. The molecule has 0 N–H and O–H groups in total. The summed E-state index contributed by atoms with van der Waals surface area (Å²) in [5.74, 6) is 0. The van der Waals surface area contributed by atoms with Crippen LogP contribution in [-0.2, 0) is 6.18 Å². The summed E-state index contributed by atoms with van der Waals surface area (Å²) in [6, 6.07) is 2.52. The zero-order chi connectivity index (χ0) is 11.8. The van der Waals surface area contributed by atoms with Crippen molar-refractivity contribution >= 4 is 26.1 Å². The van der Waals surface area contributed by atoms with Crippen LogP contribution in [0.1, 0.15) is 5.69 Å². The van der Waals surface area contributed by atoms with E-state index in [0.717, 1.165) is 12.3 Å². The second kappa shape index (κ2) is 4.15. The van der Waals surface area contributed by atoms with Gasteiger partial charge in [-0.25, -0.2) is 0 Å². The maximum atomic E-state index is 12.4. The van der Waals surface area contributed by atoms with Crippen molar-refractivity contribution in [1.82, 2.24) is 12.3 Å². The Morgan fingerprint density at radius 2 is 2.00 bits per heavy atom. The van der Waals surface area contributed by atoms with Gasteiger partial charge in [-0.2, -0.15) is 0 Å². The molecular weight excluding hydrogens is 411 g/mol. The zero-order valence-corrected chi connectivity index (χ0v) is 12.4. The van der Waals surface area contributed by atoms with Gasteiger partial charge in [0.25, 0.3) is 0 Å². The molecule has 0 saturated heterocycles. The Bertz CT molecular complexity index is 507. The van der Waals surface area contributed by atoms with Gasteiger partial charge in [0, 0.05) is 0 Å². The number of halogens is 3. The predicted octanol–water partition coefficient (Wildman–Crippen LogP) is 1.90. The Labute approximate surface area is 105 Å². The molecule has 0 amide bonds. The first-order chi connectivity index (χ1) is 7.47. The van der Waals surface area contributed by atoms with Crippen LogP contribution in [0.25, 0.3) is 11.3 Å². The molecule has 2 aromatic rings. The molecule has 3 nitrogen and oxygen atoms in total. The predicted molar refractivity (Wildman–Crippen MR) is 51.6 cm³/mol. The van der Waals surface area contributed by atoms with Gasteiger partial charge in [-0.3, -0.25) is 0 Å². The topological polar surface area (TPSA) is 30.7 Å². The summed E-state index contributed by atoms with van der Waals surface area (Å²) in [6.45, 7) is 0. The van der Waals surface area contributed by atoms with E-state index in [4.69, 9.17) is 0 Å². The van der Waals surface area contributed by atoms with E-state index >= 15 is 0 Å². The molecule has 2 rings (SSSR count). The molecule has 0 atom stereocenters. The summed E-state index contributed by atoms with van der Waals surface area (Å²) in [6.07, 6.45) is 0.0572. The summed E-state index contributed by atoms with van der Waals surface area (Å²) in [5, 5.41) is 0. The Hall–Kier alpha value is -0.928. The molecule has 7 heteroatoms. The standard InChI is InChI=1S/C9H5F3N3.Tl/c10-9(11,12)8-3-6(1-2-14-8)7-4-13-5-15-7;/h1-5H;/q-1;+1. The van der Waals surface area contributed by atoms with Gasteiger partial charge in [-0.1, -0.05) is 0 Å². The summed E-state index contributed by atoms with van der Waals surface area (Å²) < 4.78 is 39.1. The third-order valence-corrected chi connectivity index (χ3v) is 3.05. The molecule has 0 aliphatic rings. The Morgan fingerprint density at radius 1 is 1.25 bits per heavy atom. The van der Waals surface area contributed by atoms with Crippen LogP contribution in [0.3, 0.4) is 0 Å². The van der Waals surface area contributed by atoms with E-state index in [9.17, 15) is 13.2 Å². The van der Waals surface area contributed by atoms with Crippen LogP contribution in [0, 0.1) is 0 Å². The number of pyridine rings is 1. The van der Waals surface area contributed by atoms with E-state index < -0.39 is 11.9 Å². The van der Waals surface area contributed by atoms with E-state index in [2.05, 4.69) is 9.97 Å². The Morgan fingerprint density at radius 3 is 2.56 bits per heavy atom. The van der Waals surface area contributed by atoms with Crippen LogP contribution in [0.15, 0.2) is 30.9 Å². The summed E-state index contributed by atoms with van der Waals surface area (Å²) in [5.41, 5.74) is 0.0764. The van der Waals surface area contributed by atoms with Crippen LogP contribution in [-0.4, -0.2) is 38.4 Å². The van der Waals surface area contributed by atoms with Crippen LogP contribution in [0.2, 0.25) is 0 Å². The van der Waals surface area contributed by atoms with Gasteiger partial charge in [0.1, 0.15) is 0 Å². The fourth-order valence-electron chi connectivity index (χ4n) is 1.23. The Kier molecular flexibility index (Phi) is 3.00. The first kappa shape index (κ1) is 11.6. The molecule has 0 aromatic carbocycles. The molecule has 80 valence electrons. The second-order valence-corrected chi connectivity index (χ2v) is 5.45. The summed E-state index contributed by atoms with van der Waals surface area (Å²) in [4.78, 5) is 7.31. The van der Waals surface area contributed by atoms with Crippen molar-refractivity contribution in [2.45, 2.75) is 6.18 Å². The molecule has 0 radical (unpaired) electrons. The SMILES string of the molecule is FC(F)(F)c1cc(-c2c[n]([Tl])cn2)ccn1. The van der Waals surface area contributed by atoms with Gasteiger partial charge in [-0.05, 0) is 0 Å². The molecular formula is C9H5F3N3Tl. The number of imidazole rings is 1. The van der Waals surface area contributed by atoms with Crippen LogP contribution in [0.5, 0.6) is 0 Å². The van der Waals surface area contributed by atoms with Crippen LogP contribution >= 0.6 is 0 Å². The molecule has 0 spiro atoms.